The van der Waals surface area contributed by atoms with Crippen LogP contribution in [0.5, 0.6) is 0 Å². The minimum atomic E-state index is -0.00376. The highest BCUT2D eigenvalue weighted by atomic mass is 16.5. The Labute approximate surface area is 157 Å². The predicted octanol–water partition coefficient (Wildman–Crippen LogP) is 2.72. The topological polar surface area (TPSA) is 48.1 Å². The van der Waals surface area contributed by atoms with Crippen LogP contribution in [0.2, 0.25) is 0 Å². The van der Waals surface area contributed by atoms with Crippen LogP contribution < -0.4 is 10.2 Å². The minimum Gasteiger partial charge on any atom is -0.383 e. The molecule has 0 aliphatic carbocycles. The number of anilines is 2. The molecule has 3 rings (SSSR count). The number of urea groups is 1. The lowest BCUT2D eigenvalue weighted by Crippen LogP contribution is -2.50. The predicted molar refractivity (Wildman–Crippen MR) is 106 cm³/mol. The second kappa shape index (κ2) is 9.24. The lowest BCUT2D eigenvalue weighted by molar-refractivity contribution is 0.109. The van der Waals surface area contributed by atoms with Crippen molar-refractivity contribution in [3.05, 3.63) is 24.3 Å². The smallest absolute Gasteiger partial charge is 0.321 e. The summed E-state index contributed by atoms with van der Waals surface area (Å²) in [5.41, 5.74) is 2.12. The van der Waals surface area contributed by atoms with Gasteiger partial charge in [0, 0.05) is 64.3 Å². The fourth-order valence-electron chi connectivity index (χ4n) is 3.62. The highest BCUT2D eigenvalue weighted by Gasteiger charge is 2.21. The van der Waals surface area contributed by atoms with Gasteiger partial charge in [-0.15, -0.1) is 0 Å². The molecule has 1 aromatic rings. The Balaban J connectivity index is 1.46. The second-order valence-electron chi connectivity index (χ2n) is 7.47. The first-order valence-corrected chi connectivity index (χ1v) is 9.78. The first-order chi connectivity index (χ1) is 12.7. The monoisotopic (exact) mass is 360 g/mol. The highest BCUT2D eigenvalue weighted by Crippen LogP contribution is 2.24. The molecule has 2 fully saturated rings. The fraction of sp³-hybridized carbons (Fsp3) is 0.650. The lowest BCUT2D eigenvalue weighted by Gasteiger charge is -2.34. The Bertz CT molecular complexity index is 562. The SMILES string of the molecule is COCCN1CCN(C(=O)Nc2ccc(N3CCC(C)CC3)cc2)CC1. The van der Waals surface area contributed by atoms with Gasteiger partial charge in [-0.3, -0.25) is 4.90 Å². The molecule has 0 unspecified atom stereocenters. The van der Waals surface area contributed by atoms with E-state index < -0.39 is 0 Å². The zero-order chi connectivity index (χ0) is 18.4. The summed E-state index contributed by atoms with van der Waals surface area (Å²) in [5, 5.41) is 3.03. The van der Waals surface area contributed by atoms with Crippen LogP contribution in [0.1, 0.15) is 19.8 Å². The number of benzene rings is 1. The average Bonchev–Trinajstić information content (AvgIpc) is 2.68. The van der Waals surface area contributed by atoms with Crippen LogP contribution in [0.25, 0.3) is 0 Å². The van der Waals surface area contributed by atoms with E-state index in [1.165, 1.54) is 18.5 Å². The van der Waals surface area contributed by atoms with Crippen molar-refractivity contribution in [3.63, 3.8) is 0 Å². The largest absolute Gasteiger partial charge is 0.383 e. The molecule has 6 nitrogen and oxygen atoms in total. The molecule has 6 heteroatoms. The van der Waals surface area contributed by atoms with Crippen molar-refractivity contribution in [2.75, 3.05) is 69.7 Å². The molecular weight excluding hydrogens is 328 g/mol. The van der Waals surface area contributed by atoms with Crippen LogP contribution in [0, 0.1) is 5.92 Å². The molecule has 0 bridgehead atoms. The van der Waals surface area contributed by atoms with Crippen molar-refractivity contribution in [1.29, 1.82) is 0 Å². The maximum absolute atomic E-state index is 12.5. The molecule has 0 atom stereocenters. The summed E-state index contributed by atoms with van der Waals surface area (Å²) in [4.78, 5) is 19.1. The van der Waals surface area contributed by atoms with Gasteiger partial charge in [0.15, 0.2) is 0 Å². The molecule has 2 amide bonds. The number of hydrogen-bond donors (Lipinski definition) is 1. The Morgan fingerprint density at radius 2 is 1.73 bits per heavy atom. The highest BCUT2D eigenvalue weighted by molar-refractivity contribution is 5.89. The third-order valence-electron chi connectivity index (χ3n) is 5.54. The van der Waals surface area contributed by atoms with Gasteiger partial charge in [0.25, 0.3) is 0 Å². The summed E-state index contributed by atoms with van der Waals surface area (Å²) < 4.78 is 5.12. The van der Waals surface area contributed by atoms with E-state index in [1.54, 1.807) is 7.11 Å². The van der Waals surface area contributed by atoms with E-state index in [0.717, 1.165) is 64.0 Å². The van der Waals surface area contributed by atoms with Crippen LogP contribution in [-0.4, -0.2) is 75.4 Å². The number of carbonyl (C=O) groups excluding carboxylic acids is 1. The third-order valence-corrected chi connectivity index (χ3v) is 5.54. The normalized spacial score (nSPS) is 19.6. The van der Waals surface area contributed by atoms with Gasteiger partial charge in [-0.2, -0.15) is 0 Å². The number of amides is 2. The molecular formula is C20H32N4O2. The molecule has 0 saturated carbocycles. The Morgan fingerprint density at radius 1 is 1.08 bits per heavy atom. The summed E-state index contributed by atoms with van der Waals surface area (Å²) in [6.07, 6.45) is 2.52. The van der Waals surface area contributed by atoms with Gasteiger partial charge in [-0.05, 0) is 43.0 Å². The van der Waals surface area contributed by atoms with Crippen molar-refractivity contribution in [2.24, 2.45) is 5.92 Å². The maximum atomic E-state index is 12.5. The summed E-state index contributed by atoms with van der Waals surface area (Å²) in [6.45, 7) is 9.59. The molecule has 2 aliphatic rings. The van der Waals surface area contributed by atoms with Crippen LogP contribution in [0.4, 0.5) is 16.2 Å². The van der Waals surface area contributed by atoms with E-state index in [1.807, 2.05) is 17.0 Å². The van der Waals surface area contributed by atoms with E-state index in [0.29, 0.717) is 0 Å². The molecule has 0 radical (unpaired) electrons. The molecule has 2 heterocycles. The van der Waals surface area contributed by atoms with E-state index in [-0.39, 0.29) is 6.03 Å². The molecule has 26 heavy (non-hydrogen) atoms. The lowest BCUT2D eigenvalue weighted by atomic mass is 9.99. The third kappa shape index (κ3) is 5.11. The molecule has 2 aliphatic heterocycles. The van der Waals surface area contributed by atoms with Crippen LogP contribution in [-0.2, 0) is 4.74 Å². The van der Waals surface area contributed by atoms with E-state index >= 15 is 0 Å². The number of hydrogen-bond acceptors (Lipinski definition) is 4. The number of piperidine rings is 1. The molecule has 1 N–H and O–H groups in total. The molecule has 144 valence electrons. The number of nitrogens with zero attached hydrogens (tertiary/aromatic N) is 3. The van der Waals surface area contributed by atoms with Crippen LogP contribution >= 0.6 is 0 Å². The van der Waals surface area contributed by atoms with Crippen molar-refractivity contribution < 1.29 is 9.53 Å². The summed E-state index contributed by atoms with van der Waals surface area (Å²) in [5.74, 6) is 0.833. The zero-order valence-corrected chi connectivity index (χ0v) is 16.1. The minimum absolute atomic E-state index is 0.00376. The molecule has 0 spiro atoms. The van der Waals surface area contributed by atoms with Gasteiger partial charge in [-0.25, -0.2) is 4.79 Å². The Kier molecular flexibility index (Phi) is 6.74. The quantitative estimate of drug-likeness (QED) is 0.877. The van der Waals surface area contributed by atoms with Gasteiger partial charge in [0.05, 0.1) is 6.61 Å². The first-order valence-electron chi connectivity index (χ1n) is 9.78. The van der Waals surface area contributed by atoms with Crippen molar-refractivity contribution in [2.45, 2.75) is 19.8 Å². The first kappa shape index (κ1) is 19.0. The summed E-state index contributed by atoms with van der Waals surface area (Å²) in [6, 6.07) is 8.26. The Morgan fingerprint density at radius 3 is 2.35 bits per heavy atom. The van der Waals surface area contributed by atoms with Gasteiger partial charge in [0.1, 0.15) is 0 Å². The summed E-state index contributed by atoms with van der Waals surface area (Å²) in [7, 11) is 1.72. The van der Waals surface area contributed by atoms with Crippen molar-refractivity contribution >= 4 is 17.4 Å². The number of rotatable bonds is 5. The van der Waals surface area contributed by atoms with Crippen molar-refractivity contribution in [3.8, 4) is 0 Å². The van der Waals surface area contributed by atoms with E-state index in [2.05, 4.69) is 34.2 Å². The standard InChI is InChI=1S/C20H32N4O2/c1-17-7-9-23(10-8-17)19-5-3-18(4-6-19)21-20(25)24-13-11-22(12-14-24)15-16-26-2/h3-6,17H,7-16H2,1-2H3,(H,21,25). The number of piperazine rings is 1. The Hall–Kier alpha value is -1.79. The molecule has 2 saturated heterocycles. The summed E-state index contributed by atoms with van der Waals surface area (Å²) >= 11 is 0. The van der Waals surface area contributed by atoms with E-state index in [9.17, 15) is 4.79 Å². The molecule has 1 aromatic carbocycles. The van der Waals surface area contributed by atoms with Crippen molar-refractivity contribution in [1.82, 2.24) is 9.80 Å². The number of nitrogens with one attached hydrogen (secondary N) is 1. The number of ether oxygens (including phenoxy) is 1. The van der Waals surface area contributed by atoms with Gasteiger partial charge >= 0.3 is 6.03 Å². The van der Waals surface area contributed by atoms with Gasteiger partial charge in [-0.1, -0.05) is 6.92 Å². The van der Waals surface area contributed by atoms with Gasteiger partial charge in [0.2, 0.25) is 0 Å². The van der Waals surface area contributed by atoms with E-state index in [4.69, 9.17) is 4.74 Å². The number of carbonyl (C=O) groups is 1. The van der Waals surface area contributed by atoms with Gasteiger partial charge < -0.3 is 19.9 Å². The number of methoxy groups -OCH3 is 1. The zero-order valence-electron chi connectivity index (χ0n) is 16.1. The van der Waals surface area contributed by atoms with Crippen LogP contribution in [0.3, 0.4) is 0 Å². The van der Waals surface area contributed by atoms with Crippen LogP contribution in [0.15, 0.2) is 24.3 Å². The maximum Gasteiger partial charge on any atom is 0.321 e. The average molecular weight is 361 g/mol. The second-order valence-corrected chi connectivity index (χ2v) is 7.47. The molecule has 0 aromatic heterocycles. The fourth-order valence-corrected chi connectivity index (χ4v) is 3.62.